The van der Waals surface area contributed by atoms with Crippen molar-refractivity contribution in [2.24, 2.45) is 0 Å². The number of nitrogens with zero attached hydrogens (tertiary/aromatic N) is 1. The van der Waals surface area contributed by atoms with Crippen LogP contribution in [0.1, 0.15) is 33.6 Å². The van der Waals surface area contributed by atoms with Crippen LogP contribution in [-0.4, -0.2) is 23.9 Å². The molecular formula is C17H20N2OS. The van der Waals surface area contributed by atoms with Gasteiger partial charge in [-0.05, 0) is 42.0 Å². The van der Waals surface area contributed by atoms with Gasteiger partial charge in [-0.2, -0.15) is 0 Å². The SMILES string of the molecule is CNC(=O)c1ccc(CN(Cc2cccs2)C2CC2)cc1. The number of thiophene rings is 1. The second kappa shape index (κ2) is 6.41. The van der Waals surface area contributed by atoms with E-state index in [0.29, 0.717) is 0 Å². The minimum atomic E-state index is -0.0285. The minimum absolute atomic E-state index is 0.0285. The van der Waals surface area contributed by atoms with Crippen molar-refractivity contribution in [3.63, 3.8) is 0 Å². The van der Waals surface area contributed by atoms with Crippen LogP contribution in [-0.2, 0) is 13.1 Å². The Kier molecular flexibility index (Phi) is 4.36. The van der Waals surface area contributed by atoms with Crippen LogP contribution in [0.5, 0.6) is 0 Å². The number of benzene rings is 1. The van der Waals surface area contributed by atoms with Crippen LogP contribution in [0.4, 0.5) is 0 Å². The van der Waals surface area contributed by atoms with Crippen LogP contribution in [0, 0.1) is 0 Å². The summed E-state index contributed by atoms with van der Waals surface area (Å²) in [4.78, 5) is 15.5. The van der Waals surface area contributed by atoms with Gasteiger partial charge in [-0.15, -0.1) is 11.3 Å². The summed E-state index contributed by atoms with van der Waals surface area (Å²) in [6, 6.07) is 13.0. The first-order valence-electron chi connectivity index (χ1n) is 7.33. The van der Waals surface area contributed by atoms with Gasteiger partial charge in [0.25, 0.3) is 5.91 Å². The zero-order chi connectivity index (χ0) is 14.7. The Morgan fingerprint density at radius 2 is 2.00 bits per heavy atom. The smallest absolute Gasteiger partial charge is 0.251 e. The summed E-state index contributed by atoms with van der Waals surface area (Å²) in [5.41, 5.74) is 1.99. The van der Waals surface area contributed by atoms with Gasteiger partial charge in [0.1, 0.15) is 0 Å². The van der Waals surface area contributed by atoms with Gasteiger partial charge in [-0.1, -0.05) is 18.2 Å². The molecule has 110 valence electrons. The molecule has 1 heterocycles. The molecule has 0 atom stereocenters. The van der Waals surface area contributed by atoms with Gasteiger partial charge < -0.3 is 5.32 Å². The molecule has 1 saturated carbocycles. The monoisotopic (exact) mass is 300 g/mol. The Morgan fingerprint density at radius 1 is 1.24 bits per heavy atom. The third-order valence-corrected chi connectivity index (χ3v) is 4.69. The van der Waals surface area contributed by atoms with Crippen molar-refractivity contribution in [3.05, 3.63) is 57.8 Å². The second-order valence-corrected chi connectivity index (χ2v) is 6.52. The summed E-state index contributed by atoms with van der Waals surface area (Å²) in [7, 11) is 1.66. The van der Waals surface area contributed by atoms with E-state index in [-0.39, 0.29) is 5.91 Å². The normalized spacial score (nSPS) is 14.4. The van der Waals surface area contributed by atoms with Gasteiger partial charge in [0.05, 0.1) is 0 Å². The van der Waals surface area contributed by atoms with Gasteiger partial charge in [0, 0.05) is 36.6 Å². The third-order valence-electron chi connectivity index (χ3n) is 3.83. The molecule has 1 aromatic carbocycles. The molecule has 4 heteroatoms. The number of hydrogen-bond donors (Lipinski definition) is 1. The number of carbonyl (C=O) groups excluding carboxylic acids is 1. The zero-order valence-corrected chi connectivity index (χ0v) is 13.0. The average molecular weight is 300 g/mol. The lowest BCUT2D eigenvalue weighted by atomic mass is 10.1. The predicted molar refractivity (Wildman–Crippen MR) is 86.4 cm³/mol. The second-order valence-electron chi connectivity index (χ2n) is 5.49. The maximum absolute atomic E-state index is 11.6. The first kappa shape index (κ1) is 14.3. The number of hydrogen-bond acceptors (Lipinski definition) is 3. The van der Waals surface area contributed by atoms with E-state index in [9.17, 15) is 4.79 Å². The van der Waals surface area contributed by atoms with E-state index in [2.05, 4.69) is 39.9 Å². The standard InChI is InChI=1S/C17H20N2OS/c1-18-17(20)14-6-4-13(5-7-14)11-19(15-8-9-15)12-16-3-2-10-21-16/h2-7,10,15H,8-9,11-12H2,1H3,(H,18,20). The van der Waals surface area contributed by atoms with Crippen LogP contribution in [0.25, 0.3) is 0 Å². The van der Waals surface area contributed by atoms with Crippen LogP contribution >= 0.6 is 11.3 Å². The molecule has 1 aliphatic rings. The van der Waals surface area contributed by atoms with Gasteiger partial charge in [-0.3, -0.25) is 9.69 Å². The van der Waals surface area contributed by atoms with Crippen molar-refractivity contribution in [1.29, 1.82) is 0 Å². The molecule has 3 nitrogen and oxygen atoms in total. The highest BCUT2D eigenvalue weighted by molar-refractivity contribution is 7.09. The summed E-state index contributed by atoms with van der Waals surface area (Å²) in [6.07, 6.45) is 2.61. The Labute approximate surface area is 129 Å². The number of amides is 1. The molecular weight excluding hydrogens is 280 g/mol. The molecule has 0 aliphatic heterocycles. The summed E-state index contributed by atoms with van der Waals surface area (Å²) < 4.78 is 0. The van der Waals surface area contributed by atoms with Crippen LogP contribution in [0.15, 0.2) is 41.8 Å². The fourth-order valence-electron chi connectivity index (χ4n) is 2.50. The van der Waals surface area contributed by atoms with E-state index >= 15 is 0 Å². The van der Waals surface area contributed by atoms with Crippen LogP contribution < -0.4 is 5.32 Å². The zero-order valence-electron chi connectivity index (χ0n) is 12.2. The highest BCUT2D eigenvalue weighted by Gasteiger charge is 2.29. The van der Waals surface area contributed by atoms with E-state index in [1.807, 2.05) is 23.5 Å². The minimum Gasteiger partial charge on any atom is -0.355 e. The van der Waals surface area contributed by atoms with Gasteiger partial charge in [0.2, 0.25) is 0 Å². The fourth-order valence-corrected chi connectivity index (χ4v) is 3.23. The highest BCUT2D eigenvalue weighted by Crippen LogP contribution is 2.30. The molecule has 0 radical (unpaired) electrons. The van der Waals surface area contributed by atoms with Crippen LogP contribution in [0.2, 0.25) is 0 Å². The van der Waals surface area contributed by atoms with Crippen molar-refractivity contribution in [2.45, 2.75) is 32.0 Å². The summed E-state index contributed by atoms with van der Waals surface area (Å²) in [6.45, 7) is 1.98. The van der Waals surface area contributed by atoms with E-state index in [0.717, 1.165) is 24.7 Å². The van der Waals surface area contributed by atoms with E-state index in [1.165, 1.54) is 23.3 Å². The maximum Gasteiger partial charge on any atom is 0.251 e. The summed E-state index contributed by atoms with van der Waals surface area (Å²) in [5.74, 6) is -0.0285. The maximum atomic E-state index is 11.6. The topological polar surface area (TPSA) is 32.3 Å². The van der Waals surface area contributed by atoms with Crippen molar-refractivity contribution in [3.8, 4) is 0 Å². The molecule has 0 saturated heterocycles. The molecule has 2 aromatic rings. The Bertz CT molecular complexity index is 588. The molecule has 1 N–H and O–H groups in total. The summed E-state index contributed by atoms with van der Waals surface area (Å²) >= 11 is 1.82. The molecule has 0 bridgehead atoms. The van der Waals surface area contributed by atoms with Gasteiger partial charge >= 0.3 is 0 Å². The number of carbonyl (C=O) groups is 1. The molecule has 21 heavy (non-hydrogen) atoms. The van der Waals surface area contributed by atoms with Crippen LogP contribution in [0.3, 0.4) is 0 Å². The van der Waals surface area contributed by atoms with Crippen molar-refractivity contribution in [1.82, 2.24) is 10.2 Å². The lowest BCUT2D eigenvalue weighted by Crippen LogP contribution is -2.24. The van der Waals surface area contributed by atoms with Crippen molar-refractivity contribution >= 4 is 17.2 Å². The van der Waals surface area contributed by atoms with Crippen molar-refractivity contribution in [2.75, 3.05) is 7.05 Å². The lowest BCUT2D eigenvalue weighted by Gasteiger charge is -2.21. The van der Waals surface area contributed by atoms with E-state index in [1.54, 1.807) is 7.05 Å². The Morgan fingerprint density at radius 3 is 2.57 bits per heavy atom. The first-order valence-corrected chi connectivity index (χ1v) is 8.21. The molecule has 1 aromatic heterocycles. The molecule has 0 spiro atoms. The quantitative estimate of drug-likeness (QED) is 0.888. The summed E-state index contributed by atoms with van der Waals surface area (Å²) in [5, 5.41) is 4.79. The molecule has 1 fully saturated rings. The number of rotatable bonds is 6. The molecule has 0 unspecified atom stereocenters. The van der Waals surface area contributed by atoms with Gasteiger partial charge in [0.15, 0.2) is 0 Å². The van der Waals surface area contributed by atoms with Crippen molar-refractivity contribution < 1.29 is 4.79 Å². The van der Waals surface area contributed by atoms with E-state index < -0.39 is 0 Å². The molecule has 3 rings (SSSR count). The Hall–Kier alpha value is -1.65. The van der Waals surface area contributed by atoms with Gasteiger partial charge in [-0.25, -0.2) is 0 Å². The molecule has 1 aliphatic carbocycles. The number of nitrogens with one attached hydrogen (secondary N) is 1. The average Bonchev–Trinajstić information content (AvgIpc) is 3.24. The Balaban J connectivity index is 1.66. The molecule has 1 amide bonds. The predicted octanol–water partition coefficient (Wildman–Crippen LogP) is 3.27. The first-order chi connectivity index (χ1) is 10.3. The fraction of sp³-hybridized carbons (Fsp3) is 0.353. The third kappa shape index (κ3) is 3.71. The lowest BCUT2D eigenvalue weighted by molar-refractivity contribution is 0.0963. The largest absolute Gasteiger partial charge is 0.355 e. The highest BCUT2D eigenvalue weighted by atomic mass is 32.1. The van der Waals surface area contributed by atoms with E-state index in [4.69, 9.17) is 0 Å².